The Morgan fingerprint density at radius 3 is 2.85 bits per heavy atom. The van der Waals surface area contributed by atoms with Crippen LogP contribution < -0.4 is 5.56 Å². The first-order chi connectivity index (χ1) is 12.8. The highest BCUT2D eigenvalue weighted by Crippen LogP contribution is 2.39. The summed E-state index contributed by atoms with van der Waals surface area (Å²) in [6, 6.07) is 12.4. The minimum absolute atomic E-state index is 0.147. The number of benzene rings is 1. The molecule has 0 unspecified atom stereocenters. The molecule has 1 aliphatic carbocycles. The van der Waals surface area contributed by atoms with E-state index in [1.54, 1.807) is 0 Å². The molecule has 2 aliphatic rings. The molecule has 3 aromatic rings. The number of hydrogen-bond acceptors (Lipinski definition) is 5. The van der Waals surface area contributed by atoms with Crippen LogP contribution in [0.1, 0.15) is 41.5 Å². The molecule has 0 amide bonds. The van der Waals surface area contributed by atoms with Crippen LogP contribution in [0.15, 0.2) is 45.6 Å². The van der Waals surface area contributed by atoms with Gasteiger partial charge in [-0.2, -0.15) is 0 Å². The summed E-state index contributed by atoms with van der Waals surface area (Å²) >= 11 is 0. The summed E-state index contributed by atoms with van der Waals surface area (Å²) in [5.41, 5.74) is 3.78. The lowest BCUT2D eigenvalue weighted by atomic mass is 10.0. The van der Waals surface area contributed by atoms with Gasteiger partial charge in [0.2, 0.25) is 5.89 Å². The molecule has 6 nitrogen and oxygen atoms in total. The van der Waals surface area contributed by atoms with Gasteiger partial charge in [-0.1, -0.05) is 30.3 Å². The first-order valence-electron chi connectivity index (χ1n) is 9.11. The Morgan fingerprint density at radius 1 is 1.19 bits per heavy atom. The van der Waals surface area contributed by atoms with Gasteiger partial charge in [0.25, 0.3) is 11.4 Å². The Kier molecular flexibility index (Phi) is 3.71. The predicted octanol–water partition coefficient (Wildman–Crippen LogP) is 2.86. The van der Waals surface area contributed by atoms with Crippen molar-refractivity contribution in [3.05, 3.63) is 69.5 Å². The van der Waals surface area contributed by atoms with E-state index in [4.69, 9.17) is 4.42 Å². The second kappa shape index (κ2) is 6.21. The van der Waals surface area contributed by atoms with E-state index >= 15 is 0 Å². The zero-order valence-corrected chi connectivity index (χ0v) is 14.4. The van der Waals surface area contributed by atoms with Crippen molar-refractivity contribution in [1.82, 2.24) is 20.1 Å². The highest BCUT2D eigenvalue weighted by molar-refractivity contribution is 5.53. The molecule has 6 heteroatoms. The van der Waals surface area contributed by atoms with Crippen LogP contribution in [0.4, 0.5) is 0 Å². The van der Waals surface area contributed by atoms with Gasteiger partial charge < -0.3 is 9.40 Å². The van der Waals surface area contributed by atoms with Gasteiger partial charge in [0.15, 0.2) is 0 Å². The number of nitrogens with one attached hydrogen (secondary N) is 1. The number of H-pyrrole nitrogens is 1. The van der Waals surface area contributed by atoms with Crippen LogP contribution in [-0.2, 0) is 19.5 Å². The van der Waals surface area contributed by atoms with Gasteiger partial charge in [-0.3, -0.25) is 9.69 Å². The number of pyridine rings is 1. The largest absolute Gasteiger partial charge is 0.420 e. The fourth-order valence-electron chi connectivity index (χ4n) is 3.54. The molecule has 0 spiro atoms. The maximum Gasteiger partial charge on any atom is 0.260 e. The minimum atomic E-state index is -0.147. The van der Waals surface area contributed by atoms with E-state index in [1.807, 2.05) is 12.1 Å². The molecule has 0 bridgehead atoms. The van der Waals surface area contributed by atoms with Gasteiger partial charge in [-0.05, 0) is 30.0 Å². The molecular weight excluding hydrogens is 328 g/mol. The van der Waals surface area contributed by atoms with E-state index in [0.717, 1.165) is 50.2 Å². The molecule has 1 N–H and O–H groups in total. The lowest BCUT2D eigenvalue weighted by Crippen LogP contribution is -2.32. The molecule has 5 rings (SSSR count). The summed E-state index contributed by atoms with van der Waals surface area (Å²) in [6.45, 7) is 2.64. The summed E-state index contributed by atoms with van der Waals surface area (Å²) < 4.78 is 5.73. The van der Waals surface area contributed by atoms with Crippen LogP contribution in [0.5, 0.6) is 0 Å². The van der Waals surface area contributed by atoms with E-state index < -0.39 is 0 Å². The first-order valence-corrected chi connectivity index (χ1v) is 9.11. The Bertz CT molecular complexity index is 989. The van der Waals surface area contributed by atoms with Crippen LogP contribution in [0, 0.1) is 0 Å². The topological polar surface area (TPSA) is 75.0 Å². The van der Waals surface area contributed by atoms with Crippen molar-refractivity contribution in [2.45, 2.75) is 38.3 Å². The lowest BCUT2D eigenvalue weighted by Gasteiger charge is -2.28. The second-order valence-electron chi connectivity index (χ2n) is 7.18. The van der Waals surface area contributed by atoms with Crippen molar-refractivity contribution in [2.75, 3.05) is 6.54 Å². The lowest BCUT2D eigenvalue weighted by molar-refractivity contribution is 0.243. The van der Waals surface area contributed by atoms with Crippen LogP contribution in [0.25, 0.3) is 11.5 Å². The molecule has 132 valence electrons. The van der Waals surface area contributed by atoms with E-state index in [0.29, 0.717) is 23.3 Å². The zero-order valence-electron chi connectivity index (χ0n) is 14.4. The molecule has 1 fully saturated rings. The van der Waals surface area contributed by atoms with Gasteiger partial charge >= 0.3 is 0 Å². The van der Waals surface area contributed by atoms with Crippen molar-refractivity contribution in [1.29, 1.82) is 0 Å². The van der Waals surface area contributed by atoms with Crippen LogP contribution in [-0.4, -0.2) is 26.6 Å². The third-order valence-electron chi connectivity index (χ3n) is 5.13. The van der Waals surface area contributed by atoms with Crippen molar-refractivity contribution >= 4 is 0 Å². The summed E-state index contributed by atoms with van der Waals surface area (Å²) in [6.07, 6.45) is 3.03. The zero-order chi connectivity index (χ0) is 17.5. The predicted molar refractivity (Wildman–Crippen MR) is 96.6 cm³/mol. The van der Waals surface area contributed by atoms with E-state index in [1.165, 1.54) is 5.56 Å². The minimum Gasteiger partial charge on any atom is -0.420 e. The fraction of sp³-hybridized carbons (Fsp3) is 0.350. The molecular formula is C20H20N4O2. The number of hydrogen-bond donors (Lipinski definition) is 1. The molecule has 1 aromatic carbocycles. The maximum atomic E-state index is 12.5. The SMILES string of the molecule is O=c1[nH]c2c(cc1-c1nnc(C3CC3)o1)CN(Cc1ccccc1)CC2. The van der Waals surface area contributed by atoms with Crippen LogP contribution in [0.2, 0.25) is 0 Å². The summed E-state index contributed by atoms with van der Waals surface area (Å²) in [4.78, 5) is 17.9. The Labute approximate surface area is 150 Å². The summed E-state index contributed by atoms with van der Waals surface area (Å²) in [7, 11) is 0. The molecule has 0 saturated heterocycles. The second-order valence-corrected chi connectivity index (χ2v) is 7.18. The molecule has 1 saturated carbocycles. The first kappa shape index (κ1) is 15.5. The molecule has 0 atom stereocenters. The average Bonchev–Trinajstić information content (AvgIpc) is 3.40. The normalized spacial score (nSPS) is 17.2. The highest BCUT2D eigenvalue weighted by atomic mass is 16.4. The van der Waals surface area contributed by atoms with Crippen molar-refractivity contribution in [2.24, 2.45) is 0 Å². The average molecular weight is 348 g/mol. The smallest absolute Gasteiger partial charge is 0.260 e. The number of fused-ring (bicyclic) bond motifs is 1. The number of aromatic nitrogens is 3. The van der Waals surface area contributed by atoms with Gasteiger partial charge in [-0.25, -0.2) is 0 Å². The number of nitrogens with zero attached hydrogens (tertiary/aromatic N) is 3. The Balaban J connectivity index is 1.42. The van der Waals surface area contributed by atoms with Gasteiger partial charge in [0.05, 0.1) is 0 Å². The van der Waals surface area contributed by atoms with E-state index in [2.05, 4.69) is 44.3 Å². The Hall–Kier alpha value is -2.73. The molecule has 2 aromatic heterocycles. The fourth-order valence-corrected chi connectivity index (χ4v) is 3.54. The molecule has 26 heavy (non-hydrogen) atoms. The number of rotatable bonds is 4. The van der Waals surface area contributed by atoms with E-state index in [9.17, 15) is 4.79 Å². The highest BCUT2D eigenvalue weighted by Gasteiger charge is 2.30. The van der Waals surface area contributed by atoms with Crippen LogP contribution >= 0.6 is 0 Å². The van der Waals surface area contributed by atoms with Gasteiger partial charge in [0.1, 0.15) is 5.56 Å². The third-order valence-corrected chi connectivity index (χ3v) is 5.13. The maximum absolute atomic E-state index is 12.5. The molecule has 1 aliphatic heterocycles. The molecule has 0 radical (unpaired) electrons. The standard InChI is InChI=1S/C20H20N4O2/c25-18-16(20-23-22-19(26-20)14-6-7-14)10-15-12-24(9-8-17(15)21-18)11-13-4-2-1-3-5-13/h1-5,10,14H,6-9,11-12H2,(H,21,25). The Morgan fingerprint density at radius 2 is 2.04 bits per heavy atom. The number of aromatic amines is 1. The molecule has 3 heterocycles. The van der Waals surface area contributed by atoms with Gasteiger partial charge in [0, 0.05) is 37.7 Å². The van der Waals surface area contributed by atoms with Gasteiger partial charge in [-0.15, -0.1) is 10.2 Å². The monoisotopic (exact) mass is 348 g/mol. The third kappa shape index (κ3) is 2.97. The van der Waals surface area contributed by atoms with E-state index in [-0.39, 0.29) is 5.56 Å². The quantitative estimate of drug-likeness (QED) is 0.785. The van der Waals surface area contributed by atoms with Crippen molar-refractivity contribution in [3.63, 3.8) is 0 Å². The summed E-state index contributed by atoms with van der Waals surface area (Å²) in [5, 5.41) is 8.19. The van der Waals surface area contributed by atoms with Crippen molar-refractivity contribution in [3.8, 4) is 11.5 Å². The van der Waals surface area contributed by atoms with Crippen LogP contribution in [0.3, 0.4) is 0 Å². The summed E-state index contributed by atoms with van der Waals surface area (Å²) in [5.74, 6) is 1.37. The van der Waals surface area contributed by atoms with Crippen molar-refractivity contribution < 1.29 is 4.42 Å².